The molecule has 6 atom stereocenters. The van der Waals surface area contributed by atoms with E-state index in [1.807, 2.05) is 25.1 Å². The molecule has 2 aliphatic heterocycles. The van der Waals surface area contributed by atoms with Gasteiger partial charge < -0.3 is 19.1 Å². The van der Waals surface area contributed by atoms with Gasteiger partial charge in [-0.05, 0) is 97.7 Å². The van der Waals surface area contributed by atoms with Gasteiger partial charge in [0.15, 0.2) is 5.78 Å². The highest BCUT2D eigenvalue weighted by atomic mass is 35.5. The second-order valence-corrected chi connectivity index (χ2v) is 17.4. The number of aromatic nitrogens is 2. The predicted molar refractivity (Wildman–Crippen MR) is 198 cm³/mol. The van der Waals surface area contributed by atoms with Gasteiger partial charge in [0.2, 0.25) is 0 Å². The molecule has 1 amide bonds. The van der Waals surface area contributed by atoms with Crippen LogP contribution in [0.3, 0.4) is 0 Å². The number of hydrogen-bond acceptors (Lipinski definition) is 9. The van der Waals surface area contributed by atoms with Crippen molar-refractivity contribution in [3.8, 4) is 11.8 Å². The minimum Gasteiger partial charge on any atom is -0.490 e. The number of aryl methyl sites for hydroxylation is 1. The van der Waals surface area contributed by atoms with Crippen molar-refractivity contribution < 1.29 is 28.0 Å². The highest BCUT2D eigenvalue weighted by Gasteiger charge is 2.44. The van der Waals surface area contributed by atoms with Crippen LogP contribution in [-0.4, -0.2) is 77.4 Å². The number of methoxy groups -OCH3 is 2. The Bertz CT molecular complexity index is 1960. The minimum absolute atomic E-state index is 0.0586. The maximum absolute atomic E-state index is 14.6. The maximum atomic E-state index is 14.6. The van der Waals surface area contributed by atoms with Crippen molar-refractivity contribution in [1.82, 2.24) is 9.97 Å². The number of fused-ring (bicyclic) bond motifs is 4. The van der Waals surface area contributed by atoms with Crippen molar-refractivity contribution >= 4 is 38.7 Å². The Kier molecular flexibility index (Phi) is 10.2. The number of Topliss-reactive ketones (excluding diaryl/α,β-unsaturated/α-hetero) is 1. The summed E-state index contributed by atoms with van der Waals surface area (Å²) in [5, 5.41) is 0.738. The minimum atomic E-state index is -3.34. The van der Waals surface area contributed by atoms with Crippen molar-refractivity contribution in [3.05, 3.63) is 88.2 Å². The number of allylic oxidation sites excluding steroid dienone is 1. The molecule has 7 rings (SSSR count). The third-order valence-corrected chi connectivity index (χ3v) is 13.6. The first-order valence-electron chi connectivity index (χ1n) is 17.7. The number of ether oxygens (including phenoxy) is 3. The summed E-state index contributed by atoms with van der Waals surface area (Å²) in [6.45, 7) is 3.96. The van der Waals surface area contributed by atoms with Crippen LogP contribution < -0.4 is 14.4 Å². The Morgan fingerprint density at radius 3 is 2.71 bits per heavy atom. The molecule has 1 spiro atoms. The number of carbonyl (C=O) groups excluding carboxylic acids is 2. The largest absolute Gasteiger partial charge is 0.490 e. The van der Waals surface area contributed by atoms with Gasteiger partial charge in [-0.2, -0.15) is 4.36 Å². The number of halogens is 1. The summed E-state index contributed by atoms with van der Waals surface area (Å²) in [5.74, 6) is -0.120. The zero-order valence-electron chi connectivity index (χ0n) is 29.4. The maximum Gasteiger partial charge on any atom is 0.316 e. The number of amides is 1. The van der Waals surface area contributed by atoms with E-state index in [0.717, 1.165) is 49.4 Å². The standard InChI is InChI=1S/C39H45ClN4O6S/c1-25-6-4-8-35(48-2)31-12-9-28(31)20-44-23-39(15-5-7-26-16-30(40)11-13-32(26)39)24-50-36-14-10-27(17-33(36)44)37(46)43-51(47,21-25)22-34(45)29-18-41-38(49-3)42-19-29/h4,8,10-11,13-14,16-19,25,28,31,35H,5-7,9,12,15,20-24H2,1-3H3/b8-4+/t25-,28-,31+,35-,39-,51+/m0/s1. The van der Waals surface area contributed by atoms with Gasteiger partial charge in [0.25, 0.3) is 5.91 Å². The number of carbonyl (C=O) groups is 2. The molecule has 1 saturated carbocycles. The number of rotatable bonds is 5. The fourth-order valence-electron chi connectivity index (χ4n) is 8.32. The summed E-state index contributed by atoms with van der Waals surface area (Å²) in [5.41, 5.74) is 3.58. The summed E-state index contributed by atoms with van der Waals surface area (Å²) in [7, 11) is -0.142. The van der Waals surface area contributed by atoms with Crippen LogP contribution in [0.2, 0.25) is 5.02 Å². The van der Waals surface area contributed by atoms with Crippen LogP contribution in [0.4, 0.5) is 5.69 Å². The first kappa shape index (κ1) is 35.6. The predicted octanol–water partition coefficient (Wildman–Crippen LogP) is 6.74. The molecular formula is C39H45ClN4O6S. The molecule has 0 saturated heterocycles. The van der Waals surface area contributed by atoms with Gasteiger partial charge in [0.05, 0.1) is 46.6 Å². The first-order valence-corrected chi connectivity index (χ1v) is 20.0. The van der Waals surface area contributed by atoms with E-state index in [1.165, 1.54) is 30.6 Å². The van der Waals surface area contributed by atoms with E-state index in [2.05, 4.69) is 43.5 Å². The number of nitrogens with zero attached hydrogens (tertiary/aromatic N) is 4. The van der Waals surface area contributed by atoms with E-state index >= 15 is 0 Å². The Morgan fingerprint density at radius 1 is 1.14 bits per heavy atom. The average Bonchev–Trinajstić information content (AvgIpc) is 3.25. The number of benzene rings is 2. The molecular weight excluding hydrogens is 688 g/mol. The molecule has 51 heavy (non-hydrogen) atoms. The van der Waals surface area contributed by atoms with Crippen LogP contribution in [-0.2, 0) is 26.3 Å². The van der Waals surface area contributed by atoms with E-state index in [-0.39, 0.29) is 34.8 Å². The van der Waals surface area contributed by atoms with Crippen molar-refractivity contribution in [3.63, 3.8) is 0 Å². The van der Waals surface area contributed by atoms with Crippen LogP contribution in [0.25, 0.3) is 0 Å². The summed E-state index contributed by atoms with van der Waals surface area (Å²) in [4.78, 5) is 37.9. The molecule has 1 fully saturated rings. The highest BCUT2D eigenvalue weighted by Crippen LogP contribution is 2.47. The smallest absolute Gasteiger partial charge is 0.316 e. The number of hydrogen-bond donors (Lipinski definition) is 0. The van der Waals surface area contributed by atoms with Crippen molar-refractivity contribution in [2.75, 3.05) is 50.3 Å². The quantitative estimate of drug-likeness (QED) is 0.208. The van der Waals surface area contributed by atoms with Crippen LogP contribution >= 0.6 is 11.6 Å². The molecule has 12 heteroatoms. The van der Waals surface area contributed by atoms with E-state index in [1.54, 1.807) is 13.2 Å². The van der Waals surface area contributed by atoms with Gasteiger partial charge >= 0.3 is 6.01 Å². The lowest BCUT2D eigenvalue weighted by molar-refractivity contribution is 0.0131. The van der Waals surface area contributed by atoms with Gasteiger partial charge in [-0.25, -0.2) is 14.2 Å². The molecule has 0 unspecified atom stereocenters. The molecule has 2 aromatic carbocycles. The molecule has 0 radical (unpaired) electrons. The van der Waals surface area contributed by atoms with Gasteiger partial charge in [0, 0.05) is 54.3 Å². The third kappa shape index (κ3) is 7.43. The molecule has 0 N–H and O–H groups in total. The van der Waals surface area contributed by atoms with E-state index in [0.29, 0.717) is 42.7 Å². The zero-order chi connectivity index (χ0) is 35.8. The molecule has 4 aliphatic rings. The fourth-order valence-corrected chi connectivity index (χ4v) is 10.8. The van der Waals surface area contributed by atoms with Crippen LogP contribution in [0.1, 0.15) is 70.9 Å². The second-order valence-electron chi connectivity index (χ2n) is 14.6. The summed E-state index contributed by atoms with van der Waals surface area (Å²) < 4.78 is 36.7. The van der Waals surface area contributed by atoms with E-state index < -0.39 is 27.2 Å². The fraction of sp³-hybridized carbons (Fsp3) is 0.487. The molecule has 3 aromatic rings. The molecule has 1 aromatic heterocycles. The topological polar surface area (TPSA) is 120 Å². The van der Waals surface area contributed by atoms with Crippen molar-refractivity contribution in [1.29, 1.82) is 0 Å². The summed E-state index contributed by atoms with van der Waals surface area (Å²) in [6, 6.07) is 11.7. The van der Waals surface area contributed by atoms with Crippen LogP contribution in [0, 0.1) is 17.8 Å². The van der Waals surface area contributed by atoms with Gasteiger partial charge in [-0.1, -0.05) is 36.7 Å². The van der Waals surface area contributed by atoms with E-state index in [4.69, 9.17) is 25.8 Å². The van der Waals surface area contributed by atoms with Gasteiger partial charge in [0.1, 0.15) is 5.75 Å². The lowest BCUT2D eigenvalue weighted by atomic mass is 9.68. The number of ketones is 1. The summed E-state index contributed by atoms with van der Waals surface area (Å²) in [6.07, 6.45) is 12.6. The lowest BCUT2D eigenvalue weighted by Gasteiger charge is -2.46. The average molecular weight is 733 g/mol. The monoisotopic (exact) mass is 732 g/mol. The summed E-state index contributed by atoms with van der Waals surface area (Å²) >= 11 is 6.45. The first-order chi connectivity index (χ1) is 24.6. The normalized spacial score (nSPS) is 29.7. The van der Waals surface area contributed by atoms with Crippen molar-refractivity contribution in [2.45, 2.75) is 57.0 Å². The molecule has 2 aliphatic carbocycles. The molecule has 270 valence electrons. The number of anilines is 1. The van der Waals surface area contributed by atoms with Crippen molar-refractivity contribution in [2.24, 2.45) is 22.1 Å². The van der Waals surface area contributed by atoms with Crippen LogP contribution in [0.5, 0.6) is 11.8 Å². The van der Waals surface area contributed by atoms with Crippen LogP contribution in [0.15, 0.2) is 65.3 Å². The Morgan fingerprint density at radius 2 is 1.96 bits per heavy atom. The Balaban J connectivity index is 1.29. The molecule has 3 heterocycles. The molecule has 10 nitrogen and oxygen atoms in total. The zero-order valence-corrected chi connectivity index (χ0v) is 31.0. The van der Waals surface area contributed by atoms with Gasteiger partial charge in [-0.3, -0.25) is 9.59 Å². The third-order valence-electron chi connectivity index (χ3n) is 11.1. The van der Waals surface area contributed by atoms with E-state index in [9.17, 15) is 13.8 Å². The Hall–Kier alpha value is -3.80. The highest BCUT2D eigenvalue weighted by molar-refractivity contribution is 7.94. The lowest BCUT2D eigenvalue weighted by Crippen LogP contribution is -2.49. The molecule has 2 bridgehead atoms. The van der Waals surface area contributed by atoms with Gasteiger partial charge in [-0.15, -0.1) is 0 Å². The SMILES string of the molecule is COc1ncc(C(=O)C[S@@]2(=O)=NC(=O)c3ccc4c(c3)N(C[C@@H]3CC[C@H]3[C@@H](OC)/C=C/C[C@H](C)C2)C[C@@]2(CCCc3cc(Cl)ccc32)CO4)cn1. The second kappa shape index (κ2) is 14.7. The Labute approximate surface area is 305 Å².